The van der Waals surface area contributed by atoms with E-state index in [2.05, 4.69) is 15.6 Å². The van der Waals surface area contributed by atoms with Gasteiger partial charge in [-0.2, -0.15) is 0 Å². The summed E-state index contributed by atoms with van der Waals surface area (Å²) in [5, 5.41) is 5.52. The smallest absolute Gasteiger partial charge is 0.270 e. The molecule has 7 nitrogen and oxygen atoms in total. The van der Waals surface area contributed by atoms with E-state index < -0.39 is 11.5 Å². The molecule has 27 heavy (non-hydrogen) atoms. The molecular weight excluding hydrogens is 344 g/mol. The number of nitrogens with zero attached hydrogens (tertiary/aromatic N) is 2. The molecule has 0 saturated carbocycles. The van der Waals surface area contributed by atoms with E-state index in [0.29, 0.717) is 11.3 Å². The molecule has 0 aliphatic rings. The number of aromatic nitrogens is 2. The standard InChI is InChI=1S/C20H20N4O3/c1-13(2)18(25)23-15-8-6-14(7-9-15)11-22-19(26)16-12-21-17-5-3-4-10-24(17)20(16)27/h3-10,12-13H,11H2,1-2H3,(H,22,26)(H,23,25). The lowest BCUT2D eigenvalue weighted by Crippen LogP contribution is -2.31. The minimum Gasteiger partial charge on any atom is -0.348 e. The van der Waals surface area contributed by atoms with Gasteiger partial charge in [0.05, 0.1) is 0 Å². The van der Waals surface area contributed by atoms with Crippen LogP contribution in [0.15, 0.2) is 59.7 Å². The maximum Gasteiger partial charge on any atom is 0.270 e. The molecular formula is C20H20N4O3. The first-order chi connectivity index (χ1) is 13.0. The monoisotopic (exact) mass is 364 g/mol. The molecule has 0 unspecified atom stereocenters. The Bertz CT molecular complexity index is 1040. The minimum atomic E-state index is -0.483. The van der Waals surface area contributed by atoms with E-state index in [-0.39, 0.29) is 23.9 Å². The zero-order valence-corrected chi connectivity index (χ0v) is 15.1. The maximum atomic E-state index is 12.4. The van der Waals surface area contributed by atoms with Gasteiger partial charge < -0.3 is 10.6 Å². The molecule has 2 N–H and O–H groups in total. The summed E-state index contributed by atoms with van der Waals surface area (Å²) in [6, 6.07) is 12.3. The zero-order chi connectivity index (χ0) is 19.4. The van der Waals surface area contributed by atoms with Crippen LogP contribution in [0, 0.1) is 5.92 Å². The highest BCUT2D eigenvalue weighted by atomic mass is 16.2. The van der Waals surface area contributed by atoms with Crippen LogP contribution in [0.25, 0.3) is 5.65 Å². The van der Waals surface area contributed by atoms with Crippen LogP contribution in [0.1, 0.15) is 29.8 Å². The average molecular weight is 364 g/mol. The molecule has 7 heteroatoms. The number of carbonyl (C=O) groups is 2. The summed E-state index contributed by atoms with van der Waals surface area (Å²) >= 11 is 0. The second-order valence-corrected chi connectivity index (χ2v) is 6.43. The van der Waals surface area contributed by atoms with Gasteiger partial charge in [0.25, 0.3) is 11.5 Å². The molecule has 0 saturated heterocycles. The second-order valence-electron chi connectivity index (χ2n) is 6.43. The Kier molecular flexibility index (Phi) is 5.30. The lowest BCUT2D eigenvalue weighted by Gasteiger charge is -2.09. The number of hydrogen-bond donors (Lipinski definition) is 2. The second kappa shape index (κ2) is 7.82. The summed E-state index contributed by atoms with van der Waals surface area (Å²) in [5.41, 5.74) is 1.60. The molecule has 0 bridgehead atoms. The predicted molar refractivity (Wildman–Crippen MR) is 103 cm³/mol. The Morgan fingerprint density at radius 2 is 1.85 bits per heavy atom. The number of hydrogen-bond acceptors (Lipinski definition) is 4. The third-order valence-electron chi connectivity index (χ3n) is 4.06. The van der Waals surface area contributed by atoms with E-state index in [1.54, 1.807) is 36.5 Å². The van der Waals surface area contributed by atoms with Crippen molar-refractivity contribution in [3.8, 4) is 0 Å². The average Bonchev–Trinajstić information content (AvgIpc) is 2.67. The van der Waals surface area contributed by atoms with Crippen molar-refractivity contribution in [1.82, 2.24) is 14.7 Å². The molecule has 0 aliphatic heterocycles. The fraction of sp³-hybridized carbons (Fsp3) is 0.200. The quantitative estimate of drug-likeness (QED) is 0.726. The van der Waals surface area contributed by atoms with Gasteiger partial charge in [-0.25, -0.2) is 4.98 Å². The Labute approximate surface area is 156 Å². The minimum absolute atomic E-state index is 0.0143. The topological polar surface area (TPSA) is 92.6 Å². The van der Waals surface area contributed by atoms with Crippen LogP contribution < -0.4 is 16.2 Å². The van der Waals surface area contributed by atoms with Crippen molar-refractivity contribution in [3.05, 3.63) is 76.3 Å². The highest BCUT2D eigenvalue weighted by Gasteiger charge is 2.13. The fourth-order valence-corrected chi connectivity index (χ4v) is 2.45. The van der Waals surface area contributed by atoms with Crippen LogP contribution in [0.4, 0.5) is 5.69 Å². The van der Waals surface area contributed by atoms with E-state index in [0.717, 1.165) is 5.56 Å². The van der Waals surface area contributed by atoms with Crippen molar-refractivity contribution < 1.29 is 9.59 Å². The number of benzene rings is 1. The van der Waals surface area contributed by atoms with Crippen molar-refractivity contribution in [2.75, 3.05) is 5.32 Å². The normalized spacial score (nSPS) is 10.8. The van der Waals surface area contributed by atoms with E-state index in [1.165, 1.54) is 10.6 Å². The molecule has 3 aromatic rings. The third kappa shape index (κ3) is 4.20. The van der Waals surface area contributed by atoms with Crippen molar-refractivity contribution in [2.24, 2.45) is 5.92 Å². The highest BCUT2D eigenvalue weighted by Crippen LogP contribution is 2.11. The Morgan fingerprint density at radius 3 is 2.56 bits per heavy atom. The molecule has 2 amide bonds. The maximum absolute atomic E-state index is 12.4. The molecule has 0 radical (unpaired) electrons. The van der Waals surface area contributed by atoms with Crippen LogP contribution in [0.2, 0.25) is 0 Å². The van der Waals surface area contributed by atoms with Crippen LogP contribution in [-0.4, -0.2) is 21.2 Å². The van der Waals surface area contributed by atoms with Gasteiger partial charge in [-0.3, -0.25) is 18.8 Å². The molecule has 0 aliphatic carbocycles. The van der Waals surface area contributed by atoms with Crippen LogP contribution >= 0.6 is 0 Å². The summed E-state index contributed by atoms with van der Waals surface area (Å²) in [5.74, 6) is -0.637. The number of fused-ring (bicyclic) bond motifs is 1. The van der Waals surface area contributed by atoms with Gasteiger partial charge in [-0.1, -0.05) is 32.0 Å². The molecule has 2 aromatic heterocycles. The van der Waals surface area contributed by atoms with Crippen molar-refractivity contribution in [2.45, 2.75) is 20.4 Å². The molecule has 0 spiro atoms. The first-order valence-electron chi connectivity index (χ1n) is 8.60. The molecule has 2 heterocycles. The Morgan fingerprint density at radius 1 is 1.11 bits per heavy atom. The van der Waals surface area contributed by atoms with Gasteiger partial charge in [0.2, 0.25) is 5.91 Å². The summed E-state index contributed by atoms with van der Waals surface area (Å²) < 4.78 is 1.33. The molecule has 1 aromatic carbocycles. The van der Waals surface area contributed by atoms with Gasteiger partial charge in [0, 0.05) is 30.5 Å². The fourth-order valence-electron chi connectivity index (χ4n) is 2.45. The van der Waals surface area contributed by atoms with Crippen LogP contribution in [0.5, 0.6) is 0 Å². The van der Waals surface area contributed by atoms with Gasteiger partial charge in [-0.15, -0.1) is 0 Å². The number of nitrogens with one attached hydrogen (secondary N) is 2. The highest BCUT2D eigenvalue weighted by molar-refractivity contribution is 5.94. The van der Waals surface area contributed by atoms with Crippen molar-refractivity contribution >= 4 is 23.1 Å². The van der Waals surface area contributed by atoms with E-state index >= 15 is 0 Å². The Hall–Kier alpha value is -3.48. The summed E-state index contributed by atoms with van der Waals surface area (Å²) in [6.07, 6.45) is 2.86. The largest absolute Gasteiger partial charge is 0.348 e. The number of carbonyl (C=O) groups excluding carboxylic acids is 2. The number of amides is 2. The van der Waals surface area contributed by atoms with Crippen LogP contribution in [-0.2, 0) is 11.3 Å². The molecule has 138 valence electrons. The van der Waals surface area contributed by atoms with E-state index in [4.69, 9.17) is 0 Å². The number of rotatable bonds is 5. The lowest BCUT2D eigenvalue weighted by molar-refractivity contribution is -0.118. The van der Waals surface area contributed by atoms with Gasteiger partial charge in [0.1, 0.15) is 11.2 Å². The van der Waals surface area contributed by atoms with Gasteiger partial charge in [-0.05, 0) is 29.8 Å². The van der Waals surface area contributed by atoms with Crippen molar-refractivity contribution in [1.29, 1.82) is 0 Å². The summed E-state index contributed by atoms with van der Waals surface area (Å²) in [7, 11) is 0. The first kappa shape index (κ1) is 18.3. The number of anilines is 1. The van der Waals surface area contributed by atoms with E-state index in [1.807, 2.05) is 26.0 Å². The first-order valence-corrected chi connectivity index (χ1v) is 8.60. The zero-order valence-electron chi connectivity index (χ0n) is 15.1. The van der Waals surface area contributed by atoms with Crippen LogP contribution in [0.3, 0.4) is 0 Å². The Balaban J connectivity index is 1.66. The number of pyridine rings is 1. The molecule has 3 rings (SSSR count). The van der Waals surface area contributed by atoms with Gasteiger partial charge >= 0.3 is 0 Å². The lowest BCUT2D eigenvalue weighted by atomic mass is 10.1. The third-order valence-corrected chi connectivity index (χ3v) is 4.06. The summed E-state index contributed by atoms with van der Waals surface area (Å²) in [4.78, 5) is 40.6. The van der Waals surface area contributed by atoms with Gasteiger partial charge in [0.15, 0.2) is 0 Å². The molecule has 0 fully saturated rings. The summed E-state index contributed by atoms with van der Waals surface area (Å²) in [6.45, 7) is 3.90. The van der Waals surface area contributed by atoms with E-state index in [9.17, 15) is 14.4 Å². The SMILES string of the molecule is CC(C)C(=O)Nc1ccc(CNC(=O)c2cnc3ccccn3c2=O)cc1. The molecule has 0 atom stereocenters. The van der Waals surface area contributed by atoms with Crippen molar-refractivity contribution in [3.63, 3.8) is 0 Å². The predicted octanol–water partition coefficient (Wildman–Crippen LogP) is 2.22.